The molecule has 9 heterocycles. The van der Waals surface area contributed by atoms with E-state index in [9.17, 15) is 0 Å². The molecule has 0 bridgehead atoms. The molecule has 32 rings (SSSR count). The van der Waals surface area contributed by atoms with Crippen molar-refractivity contribution in [3.63, 3.8) is 0 Å². The molecule has 688 valence electrons. The second kappa shape index (κ2) is 33.7. The molecule has 11 nitrogen and oxygen atoms in total. The van der Waals surface area contributed by atoms with Crippen LogP contribution >= 0.6 is 0 Å². The normalized spacial score (nSPS) is 12.4. The summed E-state index contributed by atoms with van der Waals surface area (Å²) in [5.41, 5.74) is 41.9. The number of hydrogen-bond donors (Lipinski definition) is 0. The van der Waals surface area contributed by atoms with Crippen LogP contribution in [0, 0.1) is 0 Å². The summed E-state index contributed by atoms with van der Waals surface area (Å²) in [5.74, 6) is 0. The van der Waals surface area contributed by atoms with Crippen molar-refractivity contribution < 1.29 is 0 Å². The largest absolute Gasteiger partial charge is 0.310 e. The van der Waals surface area contributed by atoms with Gasteiger partial charge in [-0.3, -0.25) is 28.2 Å². The molecule has 9 aromatic heterocycles. The van der Waals surface area contributed by atoms with Gasteiger partial charge in [0.05, 0.1) is 77.3 Å². The molecular weight excluding hydrogens is 1800 g/mol. The summed E-state index contributed by atoms with van der Waals surface area (Å²) in [7, 11) is 0. The Bertz CT molecular complexity index is 10600. The Hall–Kier alpha value is -19.9. The molecule has 2 aliphatic carbocycles. The van der Waals surface area contributed by atoms with Gasteiger partial charge in [-0.05, 0) is 270 Å². The van der Waals surface area contributed by atoms with Crippen molar-refractivity contribution in [2.45, 2.75) is 5.41 Å². The summed E-state index contributed by atoms with van der Waals surface area (Å²) in [4.78, 5) is 34.9. The first-order chi connectivity index (χ1) is 73.4. The summed E-state index contributed by atoms with van der Waals surface area (Å²) >= 11 is 0. The molecule has 11 heteroatoms. The molecule has 30 aromatic rings. The van der Waals surface area contributed by atoms with Crippen molar-refractivity contribution in [3.8, 4) is 66.8 Å². The lowest BCUT2D eigenvalue weighted by molar-refractivity contribution is 0.794. The maximum atomic E-state index is 5.15. The van der Waals surface area contributed by atoms with E-state index in [0.717, 1.165) is 188 Å². The zero-order valence-corrected chi connectivity index (χ0v) is 80.0. The monoisotopic (exact) mass is 1880 g/mol. The predicted molar refractivity (Wildman–Crippen MR) is 614 cm³/mol. The Kier molecular flexibility index (Phi) is 19.1. The summed E-state index contributed by atoms with van der Waals surface area (Å²) in [6.07, 6.45) is 5.67. The van der Waals surface area contributed by atoms with Gasteiger partial charge >= 0.3 is 0 Å². The summed E-state index contributed by atoms with van der Waals surface area (Å²) in [6.45, 7) is 0. The Balaban J connectivity index is 0.000000102. The van der Waals surface area contributed by atoms with Gasteiger partial charge in [0.15, 0.2) is 0 Å². The van der Waals surface area contributed by atoms with Crippen molar-refractivity contribution in [2.75, 3.05) is 9.80 Å². The van der Waals surface area contributed by atoms with Gasteiger partial charge in [-0.2, -0.15) is 0 Å². The number of imidazole rings is 3. The van der Waals surface area contributed by atoms with E-state index >= 15 is 0 Å². The van der Waals surface area contributed by atoms with Crippen molar-refractivity contribution in [2.24, 2.45) is 0 Å². The minimum atomic E-state index is -0.374. The molecule has 1 spiro atoms. The number of fused-ring (bicyclic) bond motifs is 41. The van der Waals surface area contributed by atoms with Gasteiger partial charge in [0, 0.05) is 117 Å². The lowest BCUT2D eigenvalue weighted by Crippen LogP contribution is -2.25. The van der Waals surface area contributed by atoms with Crippen LogP contribution in [0.15, 0.2) is 516 Å². The molecular formula is C137H85N11. The number of anilines is 6. The first kappa shape index (κ1) is 83.9. The van der Waals surface area contributed by atoms with Crippen LogP contribution in [0.4, 0.5) is 34.1 Å². The number of nitrogens with zero attached hydrogens (tertiary/aromatic N) is 11. The number of benzene rings is 21. The van der Waals surface area contributed by atoms with Crippen molar-refractivity contribution in [1.82, 2.24) is 43.1 Å². The van der Waals surface area contributed by atoms with Gasteiger partial charge in [0.1, 0.15) is 16.9 Å². The van der Waals surface area contributed by atoms with Crippen LogP contribution in [0.2, 0.25) is 0 Å². The molecule has 0 saturated carbocycles. The van der Waals surface area contributed by atoms with Gasteiger partial charge in [-0.25, -0.2) is 15.0 Å². The van der Waals surface area contributed by atoms with Crippen LogP contribution in [0.1, 0.15) is 22.3 Å². The Morgan fingerprint density at radius 2 is 0.507 bits per heavy atom. The molecule has 0 unspecified atom stereocenters. The maximum absolute atomic E-state index is 5.15. The fraction of sp³-hybridized carbons (Fsp3) is 0.00730. The third kappa shape index (κ3) is 13.0. The van der Waals surface area contributed by atoms with Gasteiger partial charge in [0.2, 0.25) is 0 Å². The van der Waals surface area contributed by atoms with Gasteiger partial charge in [-0.15, -0.1) is 0 Å². The Morgan fingerprint density at radius 1 is 0.182 bits per heavy atom. The van der Waals surface area contributed by atoms with Crippen LogP contribution in [0.25, 0.3) is 225 Å². The van der Waals surface area contributed by atoms with Crippen LogP contribution in [-0.2, 0) is 5.41 Å². The molecule has 21 aromatic carbocycles. The molecule has 148 heavy (non-hydrogen) atoms. The highest BCUT2D eigenvalue weighted by Crippen LogP contribution is 2.64. The predicted octanol–water partition coefficient (Wildman–Crippen LogP) is 35.1. The molecule has 0 fully saturated rings. The second-order valence-electron chi connectivity index (χ2n) is 38.7. The molecule has 2 aliphatic rings. The minimum Gasteiger partial charge on any atom is -0.310 e. The fourth-order valence-electron chi connectivity index (χ4n) is 24.2. The number of hydrogen-bond acceptors (Lipinski definition) is 8. The third-order valence-electron chi connectivity index (χ3n) is 30.8. The van der Waals surface area contributed by atoms with Crippen LogP contribution in [-0.4, -0.2) is 43.1 Å². The SMILES string of the molecule is c1ccc(-c2ccc(N(c3ccc(-c4ccccc4)cc3)c3ccc4c(c3)c3c(ccc5cccnc53)c3nc5ccccc5n43)cc2)cc1.c1ccc(N(c2ccc(-c3ccc4c(c3)c3c(ccc5cccnc53)c3nc5ccccc5n43)cc2)c2cccc3ccccc23)cc1.c1ccc2c(c1)-c1ccccc1C21c2ccccc2-c2ccc(-c3ccc4c(c3)c3c(ccc5cccnc53)c3nc5ccccc5n43)cc21. The van der Waals surface area contributed by atoms with Crippen LogP contribution < -0.4 is 9.80 Å². The van der Waals surface area contributed by atoms with Crippen LogP contribution in [0.3, 0.4) is 0 Å². The fourth-order valence-corrected chi connectivity index (χ4v) is 24.2. The Labute approximate surface area is 850 Å². The van der Waals surface area contributed by atoms with Crippen molar-refractivity contribution in [1.29, 1.82) is 0 Å². The van der Waals surface area contributed by atoms with E-state index in [1.165, 1.54) is 94.0 Å². The quantitative estimate of drug-likeness (QED) is 0.125. The maximum Gasteiger partial charge on any atom is 0.146 e. The first-order valence-electron chi connectivity index (χ1n) is 50.4. The molecule has 0 aliphatic heterocycles. The Morgan fingerprint density at radius 3 is 0.973 bits per heavy atom. The highest BCUT2D eigenvalue weighted by atomic mass is 15.2. The highest BCUT2D eigenvalue weighted by molar-refractivity contribution is 6.27. The van der Waals surface area contributed by atoms with Crippen molar-refractivity contribution >= 4 is 193 Å². The minimum absolute atomic E-state index is 0.374. The number of pyridine rings is 6. The second-order valence-corrected chi connectivity index (χ2v) is 38.7. The zero-order valence-electron chi connectivity index (χ0n) is 80.0. The van der Waals surface area contributed by atoms with Crippen LogP contribution in [0.5, 0.6) is 0 Å². The lowest BCUT2D eigenvalue weighted by Gasteiger charge is -2.30. The lowest BCUT2D eigenvalue weighted by atomic mass is 9.70. The third-order valence-corrected chi connectivity index (χ3v) is 30.8. The van der Waals surface area contributed by atoms with Gasteiger partial charge in [-0.1, -0.05) is 322 Å². The highest BCUT2D eigenvalue weighted by Gasteiger charge is 2.52. The first-order valence-corrected chi connectivity index (χ1v) is 50.4. The summed E-state index contributed by atoms with van der Waals surface area (Å²) < 4.78 is 6.93. The number of aromatic nitrogens is 9. The topological polar surface area (TPSA) is 97.1 Å². The van der Waals surface area contributed by atoms with E-state index in [1.807, 2.05) is 36.8 Å². The smallest absolute Gasteiger partial charge is 0.146 e. The van der Waals surface area contributed by atoms with E-state index in [1.54, 1.807) is 0 Å². The standard InChI is InChI=1S/C47H27N3.C46H30N4.C44H28N4/c1-4-14-37-31(11-1)32-12-2-5-15-38(32)47(37)39-16-6-3-13-33(39)34-22-20-30(27-40(34)47)29-21-24-42-36(26-29)44-35(23-19-28-10-9-25-48-45(28)44)46-49-41-17-7-8-18-43(41)50(42)46;1-3-10-31(11-4-1)33-17-22-36(23-18-33)49(37-24-19-34(20-25-37)32-12-5-2-6-13-32)38-26-28-42-40(30-38)44-39(27-21-35-14-9-29-47-45(35)44)46-48-41-15-7-8-16-43(41)50(42)46;1-2-13-33(14-3-1)47(39-18-8-11-30-10-4-5-15-35(30)39)34-23-19-29(20-24-34)32-22-26-40-37(28-32)42-36(25-21-31-12-9-27-45-43(31)42)44-46-38-16-6-7-17-41(38)48(40)44/h1-27H;1-30H;1-28H. The number of rotatable bonds is 10. The molecule has 0 N–H and O–H groups in total. The van der Waals surface area contributed by atoms with E-state index in [0.29, 0.717) is 0 Å². The van der Waals surface area contributed by atoms with Gasteiger partial charge < -0.3 is 9.80 Å². The molecule has 0 atom stereocenters. The van der Waals surface area contributed by atoms with E-state index in [2.05, 4.69) is 502 Å². The van der Waals surface area contributed by atoms with E-state index < -0.39 is 0 Å². The van der Waals surface area contributed by atoms with E-state index in [-0.39, 0.29) is 5.41 Å². The zero-order chi connectivity index (χ0) is 97.2. The molecule has 0 radical (unpaired) electrons. The molecule has 0 saturated heterocycles. The summed E-state index contributed by atoms with van der Waals surface area (Å²) in [5, 5.41) is 15.9. The average Bonchev–Trinajstić information content (AvgIpc) is 1.50. The van der Waals surface area contributed by atoms with Crippen molar-refractivity contribution in [3.05, 3.63) is 538 Å². The molecule has 0 amide bonds. The van der Waals surface area contributed by atoms with E-state index in [4.69, 9.17) is 29.9 Å². The number of para-hydroxylation sites is 7. The van der Waals surface area contributed by atoms with Gasteiger partial charge in [0.25, 0.3) is 0 Å². The average molecular weight is 1890 g/mol. The summed E-state index contributed by atoms with van der Waals surface area (Å²) in [6, 6.07) is 179.